The number of aromatic nitrogens is 1. The lowest BCUT2D eigenvalue weighted by atomic mass is 10.0. The van der Waals surface area contributed by atoms with Crippen molar-refractivity contribution in [2.75, 3.05) is 11.9 Å². The second-order valence-corrected chi connectivity index (χ2v) is 6.19. The summed E-state index contributed by atoms with van der Waals surface area (Å²) in [6.45, 7) is 8.06. The number of benzene rings is 1. The highest BCUT2D eigenvalue weighted by Gasteiger charge is 2.04. The Bertz CT molecular complexity index is 537. The zero-order valence-corrected chi connectivity index (χ0v) is 13.2. The molecule has 0 aliphatic rings. The first-order chi connectivity index (χ1) is 9.69. The summed E-state index contributed by atoms with van der Waals surface area (Å²) in [6.07, 6.45) is 2.99. The Morgan fingerprint density at radius 1 is 1.35 bits per heavy atom. The zero-order valence-electron chi connectivity index (χ0n) is 12.3. The number of hydrogen-bond donors (Lipinski definition) is 1. The molecule has 0 radical (unpaired) electrons. The molecule has 1 heterocycles. The Morgan fingerprint density at radius 3 is 2.95 bits per heavy atom. The van der Waals surface area contributed by atoms with Crippen molar-refractivity contribution >= 4 is 16.5 Å². The fourth-order valence-corrected chi connectivity index (χ4v) is 2.56. The van der Waals surface area contributed by atoms with E-state index in [1.807, 2.05) is 18.3 Å². The van der Waals surface area contributed by atoms with Crippen molar-refractivity contribution in [2.45, 2.75) is 39.7 Å². The Kier molecular flexibility index (Phi) is 5.41. The summed E-state index contributed by atoms with van der Waals surface area (Å²) in [5.41, 5.74) is 1.30. The van der Waals surface area contributed by atoms with Crippen LogP contribution < -0.4 is 10.1 Å². The quantitative estimate of drug-likeness (QED) is 0.804. The number of nitrogens with one attached hydrogen (secondary N) is 1. The predicted molar refractivity (Wildman–Crippen MR) is 85.8 cm³/mol. The Balaban J connectivity index is 1.91. The molecule has 1 aromatic carbocycles. The number of thiazole rings is 1. The van der Waals surface area contributed by atoms with Crippen molar-refractivity contribution in [3.05, 3.63) is 40.9 Å². The van der Waals surface area contributed by atoms with Crippen molar-refractivity contribution in [2.24, 2.45) is 0 Å². The summed E-state index contributed by atoms with van der Waals surface area (Å²) in [5.74, 6) is 1.44. The predicted octanol–water partition coefficient (Wildman–Crippen LogP) is 4.67. The van der Waals surface area contributed by atoms with E-state index in [0.29, 0.717) is 12.5 Å². The molecule has 0 fully saturated rings. The second kappa shape index (κ2) is 7.29. The number of nitrogens with zero attached hydrogens (tertiary/aromatic N) is 1. The van der Waals surface area contributed by atoms with Crippen LogP contribution in [-0.4, -0.2) is 11.5 Å². The fourth-order valence-electron chi connectivity index (χ4n) is 1.81. The largest absolute Gasteiger partial charge is 0.488 e. The highest BCUT2D eigenvalue weighted by atomic mass is 32.1. The molecule has 108 valence electrons. The summed E-state index contributed by atoms with van der Waals surface area (Å²) in [7, 11) is 0. The molecule has 2 rings (SSSR count). The zero-order chi connectivity index (χ0) is 14.4. The molecular weight excluding hydrogens is 268 g/mol. The van der Waals surface area contributed by atoms with Crippen LogP contribution in [0.1, 0.15) is 43.6 Å². The first kappa shape index (κ1) is 14.9. The van der Waals surface area contributed by atoms with Crippen LogP contribution in [-0.2, 0) is 6.61 Å². The molecule has 3 nitrogen and oxygen atoms in total. The maximum atomic E-state index is 5.84. The van der Waals surface area contributed by atoms with E-state index in [1.165, 1.54) is 5.56 Å². The molecular formula is C16H22N2OS. The van der Waals surface area contributed by atoms with E-state index in [2.05, 4.69) is 43.2 Å². The van der Waals surface area contributed by atoms with Crippen molar-refractivity contribution in [1.29, 1.82) is 0 Å². The van der Waals surface area contributed by atoms with Crippen LogP contribution >= 0.6 is 11.3 Å². The Morgan fingerprint density at radius 2 is 2.20 bits per heavy atom. The molecule has 0 aliphatic carbocycles. The third kappa shape index (κ3) is 4.23. The molecule has 0 atom stereocenters. The van der Waals surface area contributed by atoms with Crippen LogP contribution in [0.2, 0.25) is 0 Å². The number of ether oxygens (including phenoxy) is 1. The third-order valence-corrected chi connectivity index (χ3v) is 3.91. The lowest BCUT2D eigenvalue weighted by Crippen LogP contribution is -1.98. The van der Waals surface area contributed by atoms with Gasteiger partial charge in [0.25, 0.3) is 0 Å². The van der Waals surface area contributed by atoms with Gasteiger partial charge in [-0.05, 0) is 30.0 Å². The number of hydrogen-bond acceptors (Lipinski definition) is 4. The molecule has 0 spiro atoms. The van der Waals surface area contributed by atoms with Crippen LogP contribution in [0.25, 0.3) is 0 Å². The summed E-state index contributed by atoms with van der Waals surface area (Å²) in [5, 5.41) is 4.26. The van der Waals surface area contributed by atoms with Gasteiger partial charge in [0.1, 0.15) is 12.4 Å². The molecule has 0 unspecified atom stereocenters. The molecule has 1 N–H and O–H groups in total. The van der Waals surface area contributed by atoms with Crippen LogP contribution in [0, 0.1) is 0 Å². The first-order valence-corrected chi connectivity index (χ1v) is 7.92. The van der Waals surface area contributed by atoms with E-state index < -0.39 is 0 Å². The molecule has 0 amide bonds. The fraction of sp³-hybridized carbons (Fsp3) is 0.438. The van der Waals surface area contributed by atoms with E-state index in [4.69, 9.17) is 4.74 Å². The van der Waals surface area contributed by atoms with Gasteiger partial charge in [-0.15, -0.1) is 0 Å². The van der Waals surface area contributed by atoms with E-state index in [9.17, 15) is 0 Å². The van der Waals surface area contributed by atoms with Gasteiger partial charge < -0.3 is 10.1 Å². The first-order valence-electron chi connectivity index (χ1n) is 7.10. The van der Waals surface area contributed by atoms with E-state index in [1.54, 1.807) is 11.3 Å². The molecule has 0 saturated carbocycles. The topological polar surface area (TPSA) is 34.2 Å². The van der Waals surface area contributed by atoms with Crippen LogP contribution in [0.3, 0.4) is 0 Å². The third-order valence-electron chi connectivity index (χ3n) is 2.99. The summed E-state index contributed by atoms with van der Waals surface area (Å²) < 4.78 is 5.84. The number of rotatable bonds is 7. The molecule has 20 heavy (non-hydrogen) atoms. The molecule has 0 aliphatic heterocycles. The minimum Gasteiger partial charge on any atom is -0.488 e. The van der Waals surface area contributed by atoms with Gasteiger partial charge in [-0.25, -0.2) is 4.98 Å². The average Bonchev–Trinajstić information content (AvgIpc) is 2.91. The van der Waals surface area contributed by atoms with E-state index in [0.717, 1.165) is 28.7 Å². The maximum absolute atomic E-state index is 5.84. The van der Waals surface area contributed by atoms with Crippen LogP contribution in [0.15, 0.2) is 30.5 Å². The van der Waals surface area contributed by atoms with Crippen molar-refractivity contribution in [3.63, 3.8) is 0 Å². The Labute approximate surface area is 125 Å². The van der Waals surface area contributed by atoms with Gasteiger partial charge in [-0.2, -0.15) is 0 Å². The SMILES string of the molecule is CCCNc1ncc(COc2cccc(C(C)C)c2)s1. The maximum Gasteiger partial charge on any atom is 0.182 e. The van der Waals surface area contributed by atoms with Gasteiger partial charge in [-0.3, -0.25) is 0 Å². The second-order valence-electron chi connectivity index (χ2n) is 5.07. The summed E-state index contributed by atoms with van der Waals surface area (Å²) >= 11 is 1.66. The van der Waals surface area contributed by atoms with Crippen LogP contribution in [0.5, 0.6) is 5.75 Å². The standard InChI is InChI=1S/C16H22N2OS/c1-4-8-17-16-18-10-15(20-16)11-19-14-7-5-6-13(9-14)12(2)3/h5-7,9-10,12H,4,8,11H2,1-3H3,(H,17,18). The minimum absolute atomic E-state index is 0.520. The van der Waals surface area contributed by atoms with Gasteiger partial charge in [0.15, 0.2) is 5.13 Å². The lowest BCUT2D eigenvalue weighted by Gasteiger charge is -2.09. The minimum atomic E-state index is 0.520. The molecule has 0 saturated heterocycles. The van der Waals surface area contributed by atoms with Gasteiger partial charge in [0.2, 0.25) is 0 Å². The van der Waals surface area contributed by atoms with Gasteiger partial charge in [0, 0.05) is 12.7 Å². The molecule has 2 aromatic rings. The molecule has 0 bridgehead atoms. The average molecular weight is 290 g/mol. The summed E-state index contributed by atoms with van der Waals surface area (Å²) in [6, 6.07) is 8.30. The molecule has 1 aromatic heterocycles. The van der Waals surface area contributed by atoms with Crippen molar-refractivity contribution < 1.29 is 4.74 Å². The Hall–Kier alpha value is -1.55. The van der Waals surface area contributed by atoms with Gasteiger partial charge in [-0.1, -0.05) is 44.2 Å². The van der Waals surface area contributed by atoms with Crippen molar-refractivity contribution in [1.82, 2.24) is 4.98 Å². The van der Waals surface area contributed by atoms with Crippen LogP contribution in [0.4, 0.5) is 5.13 Å². The number of anilines is 1. The van der Waals surface area contributed by atoms with Crippen molar-refractivity contribution in [3.8, 4) is 5.75 Å². The highest BCUT2D eigenvalue weighted by molar-refractivity contribution is 7.15. The van der Waals surface area contributed by atoms with E-state index >= 15 is 0 Å². The lowest BCUT2D eigenvalue weighted by molar-refractivity contribution is 0.309. The normalized spacial score (nSPS) is 10.8. The molecule has 4 heteroatoms. The van der Waals surface area contributed by atoms with Gasteiger partial charge in [0.05, 0.1) is 4.88 Å². The smallest absolute Gasteiger partial charge is 0.182 e. The van der Waals surface area contributed by atoms with E-state index in [-0.39, 0.29) is 0 Å². The summed E-state index contributed by atoms with van der Waals surface area (Å²) in [4.78, 5) is 5.48. The van der Waals surface area contributed by atoms with Gasteiger partial charge >= 0.3 is 0 Å². The highest BCUT2D eigenvalue weighted by Crippen LogP contribution is 2.23. The monoisotopic (exact) mass is 290 g/mol.